The summed E-state index contributed by atoms with van der Waals surface area (Å²) < 4.78 is 18.2. The lowest BCUT2D eigenvalue weighted by molar-refractivity contribution is -0.0564. The number of hydrogen-bond acceptors (Lipinski definition) is 5. The van der Waals surface area contributed by atoms with Gasteiger partial charge >= 0.3 is 5.97 Å². The maximum Gasteiger partial charge on any atom is 0.336 e. The van der Waals surface area contributed by atoms with E-state index >= 15 is 0 Å². The summed E-state index contributed by atoms with van der Waals surface area (Å²) in [5.74, 6) is 0.475. The Labute approximate surface area is 194 Å². The molecule has 1 saturated carbocycles. The number of carbonyl (C=O) groups is 1. The van der Waals surface area contributed by atoms with E-state index in [9.17, 15) is 9.90 Å². The molecule has 0 amide bonds. The van der Waals surface area contributed by atoms with Crippen molar-refractivity contribution >= 4 is 5.97 Å². The van der Waals surface area contributed by atoms with Gasteiger partial charge < -0.3 is 19.0 Å². The van der Waals surface area contributed by atoms with E-state index in [-0.39, 0.29) is 12.2 Å². The van der Waals surface area contributed by atoms with Crippen molar-refractivity contribution in [3.63, 3.8) is 0 Å². The molecule has 0 bridgehead atoms. The van der Waals surface area contributed by atoms with Crippen LogP contribution >= 0.6 is 0 Å². The van der Waals surface area contributed by atoms with Crippen molar-refractivity contribution in [1.82, 2.24) is 4.98 Å². The summed E-state index contributed by atoms with van der Waals surface area (Å²) in [6.45, 7) is 6.48. The lowest BCUT2D eigenvalue weighted by atomic mass is 9.94. The Bertz CT molecular complexity index is 1100. The summed E-state index contributed by atoms with van der Waals surface area (Å²) in [6, 6.07) is 13.6. The second kappa shape index (κ2) is 10.3. The van der Waals surface area contributed by atoms with Gasteiger partial charge in [0.1, 0.15) is 11.5 Å². The van der Waals surface area contributed by atoms with Gasteiger partial charge in [0, 0.05) is 5.56 Å². The molecule has 0 saturated heterocycles. The third-order valence-corrected chi connectivity index (χ3v) is 6.27. The van der Waals surface area contributed by atoms with E-state index in [1.54, 1.807) is 0 Å². The highest BCUT2D eigenvalue weighted by molar-refractivity contribution is 5.91. The monoisotopic (exact) mass is 449 g/mol. The number of carboxylic acid groups (broad SMARTS) is 1. The predicted molar refractivity (Wildman–Crippen MR) is 125 cm³/mol. The zero-order valence-electron chi connectivity index (χ0n) is 19.5. The molecule has 1 aliphatic carbocycles. The quantitative estimate of drug-likeness (QED) is 0.453. The van der Waals surface area contributed by atoms with Gasteiger partial charge in [-0.05, 0) is 69.7 Å². The van der Waals surface area contributed by atoms with Crippen molar-refractivity contribution in [2.24, 2.45) is 0 Å². The number of carboxylic acids is 1. The van der Waals surface area contributed by atoms with Gasteiger partial charge in [-0.1, -0.05) is 35.9 Å². The fourth-order valence-electron chi connectivity index (χ4n) is 4.35. The normalized spacial score (nSPS) is 18.4. The minimum atomic E-state index is -0.912. The molecule has 1 fully saturated rings. The van der Waals surface area contributed by atoms with Crippen molar-refractivity contribution in [1.29, 1.82) is 0 Å². The SMILES string of the molecule is Cc1ccc(-c2nc(COC3CCCC(OCc4cccc(C)c4C(=O)O)C3)c(C)o2)cc1. The van der Waals surface area contributed by atoms with Crippen LogP contribution in [-0.2, 0) is 22.7 Å². The maximum absolute atomic E-state index is 11.6. The second-order valence-corrected chi connectivity index (χ2v) is 8.83. The van der Waals surface area contributed by atoms with Gasteiger partial charge in [0.15, 0.2) is 0 Å². The summed E-state index contributed by atoms with van der Waals surface area (Å²) in [6.07, 6.45) is 3.87. The Morgan fingerprint density at radius 2 is 1.73 bits per heavy atom. The van der Waals surface area contributed by atoms with Crippen LogP contribution in [0, 0.1) is 20.8 Å². The largest absolute Gasteiger partial charge is 0.478 e. The minimum absolute atomic E-state index is 0.0485. The van der Waals surface area contributed by atoms with Crippen LogP contribution in [0.15, 0.2) is 46.9 Å². The number of rotatable bonds is 8. The Hall–Kier alpha value is -2.96. The molecule has 2 atom stereocenters. The summed E-state index contributed by atoms with van der Waals surface area (Å²) in [4.78, 5) is 16.3. The molecule has 0 spiro atoms. The Morgan fingerprint density at radius 3 is 2.42 bits per heavy atom. The molecule has 3 aromatic rings. The van der Waals surface area contributed by atoms with Gasteiger partial charge in [0.25, 0.3) is 0 Å². The van der Waals surface area contributed by atoms with E-state index in [1.807, 2.05) is 56.3 Å². The molecule has 174 valence electrons. The van der Waals surface area contributed by atoms with Crippen LogP contribution in [0.4, 0.5) is 0 Å². The molecule has 1 aromatic heterocycles. The average Bonchev–Trinajstić information content (AvgIpc) is 3.17. The zero-order valence-corrected chi connectivity index (χ0v) is 19.5. The molecule has 33 heavy (non-hydrogen) atoms. The third kappa shape index (κ3) is 5.70. The minimum Gasteiger partial charge on any atom is -0.478 e. The van der Waals surface area contributed by atoms with Gasteiger partial charge in [-0.2, -0.15) is 0 Å². The molecule has 6 nitrogen and oxygen atoms in total. The molecule has 4 rings (SSSR count). The Balaban J connectivity index is 1.32. The van der Waals surface area contributed by atoms with Gasteiger partial charge in [-0.25, -0.2) is 9.78 Å². The first kappa shape index (κ1) is 23.2. The van der Waals surface area contributed by atoms with Crippen LogP contribution < -0.4 is 0 Å². The second-order valence-electron chi connectivity index (χ2n) is 8.83. The maximum atomic E-state index is 11.6. The van der Waals surface area contributed by atoms with Crippen LogP contribution in [0.25, 0.3) is 11.5 Å². The smallest absolute Gasteiger partial charge is 0.336 e. The van der Waals surface area contributed by atoms with E-state index in [0.717, 1.165) is 48.3 Å². The first-order chi connectivity index (χ1) is 15.9. The molecular formula is C27H31NO5. The topological polar surface area (TPSA) is 81.8 Å². The Morgan fingerprint density at radius 1 is 1.03 bits per heavy atom. The number of hydrogen-bond donors (Lipinski definition) is 1. The summed E-state index contributed by atoms with van der Waals surface area (Å²) >= 11 is 0. The zero-order chi connectivity index (χ0) is 23.4. The molecule has 1 aliphatic rings. The lowest BCUT2D eigenvalue weighted by Gasteiger charge is -2.29. The van der Waals surface area contributed by atoms with Crippen LogP contribution in [0.5, 0.6) is 0 Å². The van der Waals surface area contributed by atoms with E-state index in [4.69, 9.17) is 13.9 Å². The number of ether oxygens (including phenoxy) is 2. The van der Waals surface area contributed by atoms with Crippen LogP contribution in [0.3, 0.4) is 0 Å². The van der Waals surface area contributed by atoms with Crippen molar-refractivity contribution in [3.05, 3.63) is 76.2 Å². The first-order valence-corrected chi connectivity index (χ1v) is 11.5. The molecule has 2 unspecified atom stereocenters. The molecular weight excluding hydrogens is 418 g/mol. The fourth-order valence-corrected chi connectivity index (χ4v) is 4.35. The van der Waals surface area contributed by atoms with Crippen molar-refractivity contribution in [3.8, 4) is 11.5 Å². The molecule has 0 aliphatic heterocycles. The van der Waals surface area contributed by atoms with E-state index < -0.39 is 5.97 Å². The van der Waals surface area contributed by atoms with Gasteiger partial charge in [0.2, 0.25) is 5.89 Å². The molecule has 1 heterocycles. The van der Waals surface area contributed by atoms with E-state index in [2.05, 4.69) is 11.9 Å². The number of aromatic nitrogens is 1. The average molecular weight is 450 g/mol. The number of benzene rings is 2. The van der Waals surface area contributed by atoms with Crippen molar-refractivity contribution in [2.45, 2.75) is 71.9 Å². The number of aromatic carboxylic acids is 1. The molecule has 1 N–H and O–H groups in total. The number of nitrogens with zero attached hydrogens (tertiary/aromatic N) is 1. The highest BCUT2D eigenvalue weighted by Gasteiger charge is 2.25. The van der Waals surface area contributed by atoms with Gasteiger partial charge in [-0.3, -0.25) is 0 Å². The molecule has 2 aromatic carbocycles. The summed E-state index contributed by atoms with van der Waals surface area (Å²) in [7, 11) is 0. The standard InChI is InChI=1S/C27H31NO5/c1-17-10-12-20(13-11-17)26-28-24(19(3)33-26)16-32-23-9-5-8-22(14-23)31-15-21-7-4-6-18(2)25(21)27(29)30/h4,6-7,10-13,22-23H,5,8-9,14-16H2,1-3H3,(H,29,30). The molecule has 0 radical (unpaired) electrons. The van der Waals surface area contributed by atoms with Crippen LogP contribution in [0.2, 0.25) is 0 Å². The van der Waals surface area contributed by atoms with Gasteiger partial charge in [0.05, 0.1) is 31.0 Å². The molecule has 6 heteroatoms. The summed E-state index contributed by atoms with van der Waals surface area (Å²) in [5, 5.41) is 9.52. The predicted octanol–water partition coefficient (Wildman–Crippen LogP) is 6.01. The Kier molecular flexibility index (Phi) is 7.26. The fraction of sp³-hybridized carbons (Fsp3) is 0.407. The van der Waals surface area contributed by atoms with Gasteiger partial charge in [-0.15, -0.1) is 0 Å². The summed E-state index contributed by atoms with van der Waals surface area (Å²) in [5.41, 5.74) is 4.78. The third-order valence-electron chi connectivity index (χ3n) is 6.27. The van der Waals surface area contributed by atoms with Crippen LogP contribution in [0.1, 0.15) is 64.2 Å². The number of aryl methyl sites for hydroxylation is 3. The van der Waals surface area contributed by atoms with Crippen molar-refractivity contribution < 1.29 is 23.8 Å². The van der Waals surface area contributed by atoms with Crippen LogP contribution in [-0.4, -0.2) is 28.3 Å². The number of oxazole rings is 1. The first-order valence-electron chi connectivity index (χ1n) is 11.5. The van der Waals surface area contributed by atoms with Crippen molar-refractivity contribution in [2.75, 3.05) is 0 Å². The lowest BCUT2D eigenvalue weighted by Crippen LogP contribution is -2.28. The van der Waals surface area contributed by atoms with E-state index in [1.165, 1.54) is 5.56 Å². The highest BCUT2D eigenvalue weighted by Crippen LogP contribution is 2.28. The van der Waals surface area contributed by atoms with E-state index in [0.29, 0.717) is 30.2 Å². The highest BCUT2D eigenvalue weighted by atomic mass is 16.5.